The Hall–Kier alpha value is -2.18. The standard InChI is InChI=1S/C16H16F2N4O4S2/c17-16(18)25-11-4-3-9(6-12(11)26-16)20-13(23)8-27-15-22-21-14(28-15)19-7-10-2-1-5-24-10/h3-4,6,10H,1-2,5,7-8H2,(H,19,21)(H,20,23). The second-order valence-electron chi connectivity index (χ2n) is 6.05. The van der Waals surface area contributed by atoms with Crippen LogP contribution in [0.1, 0.15) is 12.8 Å². The van der Waals surface area contributed by atoms with Crippen molar-refractivity contribution in [1.29, 1.82) is 0 Å². The summed E-state index contributed by atoms with van der Waals surface area (Å²) in [5, 5.41) is 14.6. The fourth-order valence-electron chi connectivity index (χ4n) is 2.70. The third kappa shape index (κ3) is 4.80. The van der Waals surface area contributed by atoms with Crippen LogP contribution in [0.25, 0.3) is 0 Å². The van der Waals surface area contributed by atoms with Crippen LogP contribution >= 0.6 is 23.1 Å². The fraction of sp³-hybridized carbons (Fsp3) is 0.438. The minimum atomic E-state index is -3.69. The van der Waals surface area contributed by atoms with E-state index in [1.165, 1.54) is 41.3 Å². The second kappa shape index (κ2) is 8.05. The predicted octanol–water partition coefficient (Wildman–Crippen LogP) is 3.18. The molecule has 2 aliphatic rings. The number of alkyl halides is 2. The van der Waals surface area contributed by atoms with Gasteiger partial charge < -0.3 is 24.8 Å². The monoisotopic (exact) mass is 430 g/mol. The molecule has 4 rings (SSSR count). The molecule has 0 saturated carbocycles. The molecule has 0 spiro atoms. The van der Waals surface area contributed by atoms with Crippen LogP contribution in [0.4, 0.5) is 19.6 Å². The van der Waals surface area contributed by atoms with Crippen LogP contribution in [0.5, 0.6) is 11.5 Å². The van der Waals surface area contributed by atoms with Gasteiger partial charge >= 0.3 is 6.29 Å². The predicted molar refractivity (Wildman–Crippen MR) is 99.4 cm³/mol. The van der Waals surface area contributed by atoms with Crippen LogP contribution in [0.15, 0.2) is 22.5 Å². The Morgan fingerprint density at radius 2 is 2.18 bits per heavy atom. The number of fused-ring (bicyclic) bond motifs is 1. The Kier molecular flexibility index (Phi) is 5.51. The number of halogens is 2. The van der Waals surface area contributed by atoms with Gasteiger partial charge in [-0.25, -0.2) is 0 Å². The van der Waals surface area contributed by atoms with E-state index in [0.717, 1.165) is 19.4 Å². The first-order valence-corrected chi connectivity index (χ1v) is 10.3. The molecule has 1 saturated heterocycles. The Bertz CT molecular complexity index is 861. The van der Waals surface area contributed by atoms with E-state index < -0.39 is 6.29 Å². The van der Waals surface area contributed by atoms with Crippen molar-refractivity contribution in [3.8, 4) is 11.5 Å². The van der Waals surface area contributed by atoms with Gasteiger partial charge in [0, 0.05) is 24.9 Å². The van der Waals surface area contributed by atoms with Gasteiger partial charge in [0.2, 0.25) is 11.0 Å². The van der Waals surface area contributed by atoms with Gasteiger partial charge in [-0.1, -0.05) is 23.1 Å². The molecule has 2 N–H and O–H groups in total. The van der Waals surface area contributed by atoms with Crippen molar-refractivity contribution in [3.05, 3.63) is 18.2 Å². The van der Waals surface area contributed by atoms with Crippen LogP contribution in [0.2, 0.25) is 0 Å². The molecule has 1 aromatic carbocycles. The van der Waals surface area contributed by atoms with Crippen LogP contribution < -0.4 is 20.1 Å². The van der Waals surface area contributed by atoms with E-state index in [2.05, 4.69) is 30.3 Å². The second-order valence-corrected chi connectivity index (χ2v) is 8.25. The average molecular weight is 430 g/mol. The van der Waals surface area contributed by atoms with E-state index in [1.807, 2.05) is 0 Å². The normalized spacial score (nSPS) is 19.6. The molecule has 1 fully saturated rings. The lowest BCUT2D eigenvalue weighted by Gasteiger charge is -2.08. The maximum Gasteiger partial charge on any atom is 0.586 e. The average Bonchev–Trinajstić information content (AvgIpc) is 3.36. The summed E-state index contributed by atoms with van der Waals surface area (Å²) in [4.78, 5) is 12.1. The highest BCUT2D eigenvalue weighted by Crippen LogP contribution is 2.42. The number of hydrogen-bond acceptors (Lipinski definition) is 9. The van der Waals surface area contributed by atoms with Crippen LogP contribution in [0.3, 0.4) is 0 Å². The number of rotatable bonds is 7. The minimum Gasteiger partial charge on any atom is -0.395 e. The Morgan fingerprint density at radius 1 is 1.32 bits per heavy atom. The molecule has 0 radical (unpaired) electrons. The van der Waals surface area contributed by atoms with E-state index in [9.17, 15) is 13.6 Å². The lowest BCUT2D eigenvalue weighted by molar-refractivity contribution is -0.286. The number of hydrogen-bond donors (Lipinski definition) is 2. The van der Waals surface area contributed by atoms with Crippen molar-refractivity contribution < 1.29 is 27.8 Å². The summed E-state index contributed by atoms with van der Waals surface area (Å²) in [7, 11) is 0. The molecule has 1 aromatic heterocycles. The van der Waals surface area contributed by atoms with Crippen molar-refractivity contribution >= 4 is 39.8 Å². The molecule has 0 bridgehead atoms. The van der Waals surface area contributed by atoms with Gasteiger partial charge in [0.1, 0.15) is 0 Å². The number of aromatic nitrogens is 2. The topological polar surface area (TPSA) is 94.6 Å². The molecule has 12 heteroatoms. The molecule has 1 atom stereocenters. The largest absolute Gasteiger partial charge is 0.586 e. The number of carbonyl (C=O) groups excluding carboxylic acids is 1. The van der Waals surface area contributed by atoms with Gasteiger partial charge in [-0.3, -0.25) is 4.79 Å². The number of anilines is 2. The Labute approximate surface area is 167 Å². The zero-order valence-electron chi connectivity index (χ0n) is 14.4. The molecule has 3 heterocycles. The first-order valence-electron chi connectivity index (χ1n) is 8.48. The van der Waals surface area contributed by atoms with E-state index in [0.29, 0.717) is 21.7 Å². The fourth-order valence-corrected chi connectivity index (χ4v) is 4.26. The van der Waals surface area contributed by atoms with Crippen LogP contribution in [0, 0.1) is 0 Å². The molecule has 2 aliphatic heterocycles. The van der Waals surface area contributed by atoms with Crippen LogP contribution in [-0.2, 0) is 9.53 Å². The first kappa shape index (κ1) is 19.2. The molecule has 28 heavy (non-hydrogen) atoms. The first-order chi connectivity index (χ1) is 13.5. The third-order valence-electron chi connectivity index (χ3n) is 3.92. The molecule has 1 amide bonds. The lowest BCUT2D eigenvalue weighted by atomic mass is 10.2. The number of nitrogens with one attached hydrogen (secondary N) is 2. The van der Waals surface area contributed by atoms with Crippen LogP contribution in [-0.4, -0.2) is 47.4 Å². The zero-order chi connectivity index (χ0) is 19.6. The van der Waals surface area contributed by atoms with E-state index in [4.69, 9.17) is 4.74 Å². The van der Waals surface area contributed by atoms with Gasteiger partial charge in [0.05, 0.1) is 11.9 Å². The number of carbonyl (C=O) groups is 1. The Morgan fingerprint density at radius 3 is 3.00 bits per heavy atom. The summed E-state index contributed by atoms with van der Waals surface area (Å²) >= 11 is 2.59. The minimum absolute atomic E-state index is 0.0748. The number of amides is 1. The summed E-state index contributed by atoms with van der Waals surface area (Å²) in [5.41, 5.74) is 0.335. The maximum atomic E-state index is 13.0. The molecule has 8 nitrogen and oxygen atoms in total. The summed E-state index contributed by atoms with van der Waals surface area (Å²) in [6.07, 6.45) is -1.38. The summed E-state index contributed by atoms with van der Waals surface area (Å²) < 4.78 is 40.9. The smallest absolute Gasteiger partial charge is 0.395 e. The number of ether oxygens (including phenoxy) is 3. The van der Waals surface area contributed by atoms with Crippen molar-refractivity contribution in [1.82, 2.24) is 10.2 Å². The van der Waals surface area contributed by atoms with E-state index in [1.54, 1.807) is 0 Å². The molecule has 0 aliphatic carbocycles. The highest BCUT2D eigenvalue weighted by atomic mass is 32.2. The summed E-state index contributed by atoms with van der Waals surface area (Å²) in [6.45, 7) is 1.48. The van der Waals surface area contributed by atoms with E-state index >= 15 is 0 Å². The molecular weight excluding hydrogens is 414 g/mol. The van der Waals surface area contributed by atoms with Gasteiger partial charge in [-0.15, -0.1) is 19.0 Å². The number of benzene rings is 1. The highest BCUT2D eigenvalue weighted by Gasteiger charge is 2.43. The Balaban J connectivity index is 1.24. The quantitative estimate of drug-likeness (QED) is 0.647. The van der Waals surface area contributed by atoms with Crippen molar-refractivity contribution in [2.75, 3.05) is 29.5 Å². The maximum absolute atomic E-state index is 13.0. The van der Waals surface area contributed by atoms with Gasteiger partial charge in [-0.2, -0.15) is 0 Å². The molecule has 150 valence electrons. The molecule has 1 unspecified atom stereocenters. The van der Waals surface area contributed by atoms with Crippen molar-refractivity contribution in [2.24, 2.45) is 0 Å². The summed E-state index contributed by atoms with van der Waals surface area (Å²) in [6, 6.07) is 4.07. The molecular formula is C16H16F2N4O4S2. The number of nitrogens with zero attached hydrogens (tertiary/aromatic N) is 2. The SMILES string of the molecule is O=C(CSc1nnc(NCC2CCCO2)s1)Nc1ccc2c(c1)OC(F)(F)O2. The van der Waals surface area contributed by atoms with E-state index in [-0.39, 0.29) is 29.3 Å². The third-order valence-corrected chi connectivity index (χ3v) is 5.94. The van der Waals surface area contributed by atoms with Crippen molar-refractivity contribution in [3.63, 3.8) is 0 Å². The van der Waals surface area contributed by atoms with Gasteiger partial charge in [0.15, 0.2) is 15.8 Å². The lowest BCUT2D eigenvalue weighted by Crippen LogP contribution is -2.25. The summed E-state index contributed by atoms with van der Waals surface area (Å²) in [5.74, 6) is -0.402. The molecule has 2 aromatic rings. The zero-order valence-corrected chi connectivity index (χ0v) is 16.1. The van der Waals surface area contributed by atoms with Gasteiger partial charge in [0.25, 0.3) is 0 Å². The van der Waals surface area contributed by atoms with Gasteiger partial charge in [-0.05, 0) is 25.0 Å². The number of thioether (sulfide) groups is 1. The highest BCUT2D eigenvalue weighted by molar-refractivity contribution is 8.01. The van der Waals surface area contributed by atoms with Crippen molar-refractivity contribution in [2.45, 2.75) is 29.6 Å².